The van der Waals surface area contributed by atoms with Crippen LogP contribution in [0.25, 0.3) is 0 Å². The predicted molar refractivity (Wildman–Crippen MR) is 178 cm³/mol. The Morgan fingerprint density at radius 3 is 2.17 bits per heavy atom. The van der Waals surface area contributed by atoms with Crippen LogP contribution in [-0.4, -0.2) is 51.4 Å². The third-order valence-electron chi connectivity index (χ3n) is 7.20. The van der Waals surface area contributed by atoms with Crippen molar-refractivity contribution in [2.24, 2.45) is 0 Å². The maximum atomic E-state index is 14.4. The normalized spacial score (nSPS) is 11.8. The molecule has 0 heterocycles. The third kappa shape index (κ3) is 8.78. The van der Waals surface area contributed by atoms with Gasteiger partial charge in [-0.15, -0.1) is 0 Å². The predicted octanol–water partition coefficient (Wildman–Crippen LogP) is 6.50. The molecule has 1 unspecified atom stereocenters. The molecule has 0 aliphatic heterocycles. The van der Waals surface area contributed by atoms with E-state index in [-0.39, 0.29) is 28.6 Å². The molecular formula is C34H34Cl2FN3O5S. The highest BCUT2D eigenvalue weighted by atomic mass is 35.5. The monoisotopic (exact) mass is 685 g/mol. The molecule has 46 heavy (non-hydrogen) atoms. The van der Waals surface area contributed by atoms with Gasteiger partial charge in [-0.25, -0.2) is 12.8 Å². The molecule has 0 saturated heterocycles. The van der Waals surface area contributed by atoms with Crippen molar-refractivity contribution >= 4 is 50.7 Å². The Balaban J connectivity index is 1.80. The van der Waals surface area contributed by atoms with E-state index in [2.05, 4.69) is 5.32 Å². The molecule has 4 aromatic carbocycles. The van der Waals surface area contributed by atoms with E-state index in [0.29, 0.717) is 29.3 Å². The molecule has 0 aromatic heterocycles. The third-order valence-corrected chi connectivity index (χ3v) is 9.73. The van der Waals surface area contributed by atoms with Crippen LogP contribution in [0.2, 0.25) is 10.0 Å². The number of amides is 2. The van der Waals surface area contributed by atoms with Crippen molar-refractivity contribution in [2.75, 3.05) is 24.5 Å². The van der Waals surface area contributed by atoms with Gasteiger partial charge in [0.2, 0.25) is 11.8 Å². The highest BCUT2D eigenvalue weighted by molar-refractivity contribution is 7.92. The Labute approximate surface area is 278 Å². The molecule has 2 amide bonds. The number of hydrogen-bond acceptors (Lipinski definition) is 5. The van der Waals surface area contributed by atoms with Gasteiger partial charge in [0, 0.05) is 19.5 Å². The summed E-state index contributed by atoms with van der Waals surface area (Å²) in [5, 5.41) is 3.47. The first-order valence-electron chi connectivity index (χ1n) is 14.5. The second-order valence-electron chi connectivity index (χ2n) is 10.4. The van der Waals surface area contributed by atoms with E-state index in [1.54, 1.807) is 18.2 Å². The van der Waals surface area contributed by atoms with Crippen molar-refractivity contribution in [2.45, 2.75) is 37.2 Å². The lowest BCUT2D eigenvalue weighted by molar-refractivity contribution is -0.140. The van der Waals surface area contributed by atoms with E-state index >= 15 is 0 Å². The quantitative estimate of drug-likeness (QED) is 0.163. The summed E-state index contributed by atoms with van der Waals surface area (Å²) in [5.74, 6) is -1.20. The van der Waals surface area contributed by atoms with E-state index in [0.717, 1.165) is 22.0 Å². The SMILES string of the molecule is CCCNC(=O)C(Cc1ccccc1)N(Cc1ccc(Cl)c(Cl)c1)C(=O)CN(c1ccc(F)cc1)S(=O)(=O)c1ccc(OC)cc1. The summed E-state index contributed by atoms with van der Waals surface area (Å²) in [7, 11) is -2.90. The molecular weight excluding hydrogens is 652 g/mol. The van der Waals surface area contributed by atoms with Gasteiger partial charge < -0.3 is 15.0 Å². The number of sulfonamides is 1. The highest BCUT2D eigenvalue weighted by Gasteiger charge is 2.34. The number of nitrogens with zero attached hydrogens (tertiary/aromatic N) is 2. The smallest absolute Gasteiger partial charge is 0.264 e. The molecule has 242 valence electrons. The largest absolute Gasteiger partial charge is 0.497 e. The van der Waals surface area contributed by atoms with E-state index in [1.165, 1.54) is 48.4 Å². The summed E-state index contributed by atoms with van der Waals surface area (Å²) in [5.41, 5.74) is 1.44. The summed E-state index contributed by atoms with van der Waals surface area (Å²) >= 11 is 12.4. The van der Waals surface area contributed by atoms with Crippen LogP contribution >= 0.6 is 23.2 Å². The van der Waals surface area contributed by atoms with Gasteiger partial charge in [0.05, 0.1) is 27.7 Å². The van der Waals surface area contributed by atoms with Crippen molar-refractivity contribution in [1.82, 2.24) is 10.2 Å². The van der Waals surface area contributed by atoms with Crippen LogP contribution in [0.4, 0.5) is 10.1 Å². The minimum absolute atomic E-state index is 0.0649. The molecule has 0 fully saturated rings. The summed E-state index contributed by atoms with van der Waals surface area (Å²) in [4.78, 5) is 29.4. The number of carbonyl (C=O) groups excluding carboxylic acids is 2. The Morgan fingerprint density at radius 1 is 0.891 bits per heavy atom. The van der Waals surface area contributed by atoms with Gasteiger partial charge in [-0.1, -0.05) is 66.5 Å². The number of carbonyl (C=O) groups is 2. The van der Waals surface area contributed by atoms with Gasteiger partial charge in [0.1, 0.15) is 24.2 Å². The van der Waals surface area contributed by atoms with Crippen molar-refractivity contribution in [3.8, 4) is 5.75 Å². The highest BCUT2D eigenvalue weighted by Crippen LogP contribution is 2.28. The van der Waals surface area contributed by atoms with Crippen LogP contribution in [0, 0.1) is 5.82 Å². The Hall–Kier alpha value is -4.12. The van der Waals surface area contributed by atoms with Gasteiger partial charge in [-0.3, -0.25) is 13.9 Å². The van der Waals surface area contributed by atoms with Crippen LogP contribution in [-0.2, 0) is 32.6 Å². The van der Waals surface area contributed by atoms with Crippen LogP contribution in [0.3, 0.4) is 0 Å². The summed E-state index contributed by atoms with van der Waals surface area (Å²) in [6.07, 6.45) is 0.828. The maximum Gasteiger partial charge on any atom is 0.264 e. The van der Waals surface area contributed by atoms with Crippen LogP contribution in [0.15, 0.2) is 102 Å². The van der Waals surface area contributed by atoms with E-state index in [9.17, 15) is 22.4 Å². The van der Waals surface area contributed by atoms with E-state index in [4.69, 9.17) is 27.9 Å². The van der Waals surface area contributed by atoms with Crippen molar-refractivity contribution in [1.29, 1.82) is 0 Å². The number of ether oxygens (including phenoxy) is 1. The fourth-order valence-corrected chi connectivity index (χ4v) is 6.50. The molecule has 4 aromatic rings. The number of nitrogens with one attached hydrogen (secondary N) is 1. The molecule has 0 aliphatic carbocycles. The van der Waals surface area contributed by atoms with Gasteiger partial charge in [-0.05, 0) is 78.2 Å². The average Bonchev–Trinajstić information content (AvgIpc) is 3.06. The Bertz CT molecular complexity index is 1740. The molecule has 0 radical (unpaired) electrons. The number of rotatable bonds is 14. The number of hydrogen-bond donors (Lipinski definition) is 1. The fourth-order valence-electron chi connectivity index (χ4n) is 4.77. The molecule has 0 spiro atoms. The first-order chi connectivity index (χ1) is 22.0. The molecule has 0 aliphatic rings. The second kappa shape index (κ2) is 15.9. The minimum atomic E-state index is -4.36. The number of anilines is 1. The van der Waals surface area contributed by atoms with Gasteiger partial charge >= 0.3 is 0 Å². The lowest BCUT2D eigenvalue weighted by Gasteiger charge is -2.34. The fraction of sp³-hybridized carbons (Fsp3) is 0.235. The first-order valence-corrected chi connectivity index (χ1v) is 16.7. The van der Waals surface area contributed by atoms with Crippen LogP contribution in [0.1, 0.15) is 24.5 Å². The Morgan fingerprint density at radius 2 is 1.57 bits per heavy atom. The number of halogens is 3. The standard InChI is InChI=1S/C34H34Cl2FN3O5S/c1-3-19-38-34(42)32(21-24-7-5-4-6-8-24)39(22-25-9-18-30(35)31(36)20-25)33(41)23-40(27-12-10-26(37)11-13-27)46(43,44)29-16-14-28(45-2)15-17-29/h4-18,20,32H,3,19,21-23H2,1-2H3,(H,38,42). The summed E-state index contributed by atoms with van der Waals surface area (Å²) in [6, 6.07) is 23.5. The van der Waals surface area contributed by atoms with Crippen LogP contribution < -0.4 is 14.4 Å². The van der Waals surface area contributed by atoms with Crippen LogP contribution in [0.5, 0.6) is 5.75 Å². The second-order valence-corrected chi connectivity index (χ2v) is 13.1. The minimum Gasteiger partial charge on any atom is -0.497 e. The zero-order valence-electron chi connectivity index (χ0n) is 25.3. The molecule has 0 saturated carbocycles. The summed E-state index contributed by atoms with van der Waals surface area (Å²) in [6.45, 7) is 1.53. The van der Waals surface area contributed by atoms with Gasteiger partial charge in [-0.2, -0.15) is 0 Å². The first kappa shape index (κ1) is 34.7. The number of methoxy groups -OCH3 is 1. The zero-order valence-corrected chi connectivity index (χ0v) is 27.7. The van der Waals surface area contributed by atoms with E-state index in [1.807, 2.05) is 37.3 Å². The maximum absolute atomic E-state index is 14.4. The van der Waals surface area contributed by atoms with E-state index < -0.39 is 40.2 Å². The molecule has 4 rings (SSSR count). The van der Waals surface area contributed by atoms with Crippen molar-refractivity contribution in [3.63, 3.8) is 0 Å². The van der Waals surface area contributed by atoms with Crippen molar-refractivity contribution in [3.05, 3.63) is 124 Å². The summed E-state index contributed by atoms with van der Waals surface area (Å²) < 4.78 is 48.1. The van der Waals surface area contributed by atoms with Crippen molar-refractivity contribution < 1.29 is 27.1 Å². The average molecular weight is 687 g/mol. The Kier molecular flexibility index (Phi) is 12.0. The molecule has 12 heteroatoms. The molecule has 1 N–H and O–H groups in total. The van der Waals surface area contributed by atoms with Gasteiger partial charge in [0.25, 0.3) is 10.0 Å². The van der Waals surface area contributed by atoms with Gasteiger partial charge in [0.15, 0.2) is 0 Å². The molecule has 1 atom stereocenters. The topological polar surface area (TPSA) is 96.0 Å². The number of benzene rings is 4. The molecule has 0 bridgehead atoms. The lowest BCUT2D eigenvalue weighted by atomic mass is 10.0. The lowest BCUT2D eigenvalue weighted by Crippen LogP contribution is -2.53. The zero-order chi connectivity index (χ0) is 33.3. The molecule has 8 nitrogen and oxygen atoms in total.